The third-order valence-electron chi connectivity index (χ3n) is 4.78. The Balaban J connectivity index is 1.68. The number of nitrogens with one attached hydrogen (secondary N) is 1. The number of carbonyl (C=O) groups excluding carboxylic acids is 1. The van der Waals surface area contributed by atoms with Crippen molar-refractivity contribution in [1.82, 2.24) is 15.2 Å². The number of rotatable bonds is 10. The van der Waals surface area contributed by atoms with Crippen molar-refractivity contribution in [3.63, 3.8) is 0 Å². The number of pyridine rings is 1. The molecule has 0 saturated carbocycles. The fourth-order valence-electron chi connectivity index (χ4n) is 3.24. The molecule has 5 heteroatoms. The van der Waals surface area contributed by atoms with Gasteiger partial charge >= 0.3 is 0 Å². The average molecular weight is 362 g/mol. The van der Waals surface area contributed by atoms with E-state index in [1.54, 1.807) is 6.20 Å². The molecular formula is C21H35N3O2. The molecule has 1 amide bonds. The van der Waals surface area contributed by atoms with Gasteiger partial charge in [-0.1, -0.05) is 39.7 Å². The van der Waals surface area contributed by atoms with E-state index in [9.17, 15) is 4.79 Å². The van der Waals surface area contributed by atoms with Crippen molar-refractivity contribution in [3.8, 4) is 5.88 Å². The van der Waals surface area contributed by atoms with Crippen molar-refractivity contribution < 1.29 is 9.53 Å². The molecule has 1 N–H and O–H groups in total. The van der Waals surface area contributed by atoms with Crippen LogP contribution in [0.1, 0.15) is 64.9 Å². The molecule has 0 radical (unpaired) electrons. The van der Waals surface area contributed by atoms with E-state index in [2.05, 4.69) is 22.1 Å². The molecule has 1 aliphatic rings. The summed E-state index contributed by atoms with van der Waals surface area (Å²) in [5.74, 6) is 1.15. The maximum absolute atomic E-state index is 11.7. The van der Waals surface area contributed by atoms with E-state index in [0.29, 0.717) is 24.8 Å². The van der Waals surface area contributed by atoms with Gasteiger partial charge in [0.2, 0.25) is 11.8 Å². The van der Waals surface area contributed by atoms with Gasteiger partial charge in [0.25, 0.3) is 0 Å². The highest BCUT2D eigenvalue weighted by Crippen LogP contribution is 2.18. The lowest BCUT2D eigenvalue weighted by Crippen LogP contribution is -2.38. The molecule has 5 nitrogen and oxygen atoms in total. The topological polar surface area (TPSA) is 54.5 Å². The molecule has 1 aromatic heterocycles. The lowest BCUT2D eigenvalue weighted by atomic mass is 10.1. The van der Waals surface area contributed by atoms with Gasteiger partial charge in [0, 0.05) is 38.3 Å². The number of amides is 1. The number of hydrogen-bond donors (Lipinski definition) is 1. The number of ether oxygens (including phenoxy) is 1. The van der Waals surface area contributed by atoms with Gasteiger partial charge in [-0.05, 0) is 37.3 Å². The Morgan fingerprint density at radius 1 is 1.31 bits per heavy atom. The number of carbonyl (C=O) groups is 1. The summed E-state index contributed by atoms with van der Waals surface area (Å²) in [6, 6.07) is 3.90. The summed E-state index contributed by atoms with van der Waals surface area (Å²) < 4.78 is 6.04. The quantitative estimate of drug-likeness (QED) is 0.645. The molecule has 0 spiro atoms. The smallest absolute Gasteiger partial charge is 0.220 e. The molecule has 1 aliphatic heterocycles. The van der Waals surface area contributed by atoms with Gasteiger partial charge in [0.15, 0.2) is 0 Å². The minimum atomic E-state index is 0.0889. The Morgan fingerprint density at radius 3 is 2.69 bits per heavy atom. The number of likely N-dealkylation sites (tertiary alicyclic amines) is 1. The highest BCUT2D eigenvalue weighted by Gasteiger charge is 2.20. The van der Waals surface area contributed by atoms with E-state index in [1.807, 2.05) is 26.0 Å². The summed E-state index contributed by atoms with van der Waals surface area (Å²) in [5.41, 5.74) is 1.00. The molecule has 2 rings (SSSR count). The second kappa shape index (κ2) is 11.2. The maximum Gasteiger partial charge on any atom is 0.220 e. The monoisotopic (exact) mass is 361 g/mol. The van der Waals surface area contributed by atoms with E-state index in [4.69, 9.17) is 4.74 Å². The first-order chi connectivity index (χ1) is 12.6. The minimum absolute atomic E-state index is 0.0889. The first-order valence-electron chi connectivity index (χ1n) is 10.2. The largest absolute Gasteiger partial charge is 0.474 e. The molecule has 0 atom stereocenters. The predicted octanol–water partition coefficient (Wildman–Crippen LogP) is 3.78. The van der Waals surface area contributed by atoms with Crippen molar-refractivity contribution in [2.75, 3.05) is 19.6 Å². The second-order valence-electron chi connectivity index (χ2n) is 7.75. The lowest BCUT2D eigenvalue weighted by molar-refractivity contribution is -0.121. The third kappa shape index (κ3) is 7.73. The van der Waals surface area contributed by atoms with Crippen LogP contribution in [0.4, 0.5) is 0 Å². The summed E-state index contributed by atoms with van der Waals surface area (Å²) in [5, 5.41) is 2.93. The number of piperidine rings is 1. The third-order valence-corrected chi connectivity index (χ3v) is 4.78. The van der Waals surface area contributed by atoms with E-state index in [1.165, 1.54) is 25.8 Å². The summed E-state index contributed by atoms with van der Waals surface area (Å²) >= 11 is 0. The molecule has 26 heavy (non-hydrogen) atoms. The minimum Gasteiger partial charge on any atom is -0.474 e. The normalized spacial score (nSPS) is 16.0. The summed E-state index contributed by atoms with van der Waals surface area (Å²) in [6.07, 6.45) is 8.67. The zero-order chi connectivity index (χ0) is 18.8. The zero-order valence-electron chi connectivity index (χ0n) is 16.7. The Kier molecular flexibility index (Phi) is 8.89. The van der Waals surface area contributed by atoms with Crippen LogP contribution < -0.4 is 10.1 Å². The Labute approximate surface area is 158 Å². The predicted molar refractivity (Wildman–Crippen MR) is 105 cm³/mol. The Hall–Kier alpha value is -1.62. The van der Waals surface area contributed by atoms with Gasteiger partial charge in [-0.15, -0.1) is 0 Å². The molecule has 146 valence electrons. The van der Waals surface area contributed by atoms with Crippen LogP contribution in [-0.4, -0.2) is 41.5 Å². The van der Waals surface area contributed by atoms with Crippen molar-refractivity contribution in [2.24, 2.45) is 5.92 Å². The number of unbranched alkanes of at least 4 members (excludes halogenated alkanes) is 2. The first-order valence-corrected chi connectivity index (χ1v) is 10.2. The molecule has 1 aromatic rings. The summed E-state index contributed by atoms with van der Waals surface area (Å²) in [6.45, 7) is 10.3. The molecule has 0 aromatic carbocycles. The number of nitrogens with zero attached hydrogens (tertiary/aromatic N) is 2. The molecule has 0 bridgehead atoms. The highest BCUT2D eigenvalue weighted by atomic mass is 16.5. The molecule has 1 fully saturated rings. The van der Waals surface area contributed by atoms with Gasteiger partial charge in [0.1, 0.15) is 6.10 Å². The van der Waals surface area contributed by atoms with Gasteiger partial charge < -0.3 is 15.0 Å². The van der Waals surface area contributed by atoms with E-state index in [0.717, 1.165) is 31.5 Å². The standard InChI is InChI=1S/C21H35N3O2/c1-4-5-6-11-24-12-9-19(10-13-24)26-21-8-7-18(16-23-21)15-22-20(25)14-17(2)3/h7-8,16-17,19H,4-6,9-15H2,1-3H3,(H,22,25). The first kappa shape index (κ1) is 20.7. The van der Waals surface area contributed by atoms with Crippen LogP contribution in [0.15, 0.2) is 18.3 Å². The summed E-state index contributed by atoms with van der Waals surface area (Å²) in [7, 11) is 0. The average Bonchev–Trinajstić information content (AvgIpc) is 2.62. The maximum atomic E-state index is 11.7. The van der Waals surface area contributed by atoms with Crippen molar-refractivity contribution in [3.05, 3.63) is 23.9 Å². The lowest BCUT2D eigenvalue weighted by Gasteiger charge is -2.31. The van der Waals surface area contributed by atoms with E-state index < -0.39 is 0 Å². The number of aromatic nitrogens is 1. The van der Waals surface area contributed by atoms with Crippen LogP contribution in [0.2, 0.25) is 0 Å². The van der Waals surface area contributed by atoms with Crippen LogP contribution in [0, 0.1) is 5.92 Å². The number of hydrogen-bond acceptors (Lipinski definition) is 4. The second-order valence-corrected chi connectivity index (χ2v) is 7.75. The van der Waals surface area contributed by atoms with Crippen LogP contribution in [0.25, 0.3) is 0 Å². The van der Waals surface area contributed by atoms with Crippen LogP contribution in [-0.2, 0) is 11.3 Å². The van der Waals surface area contributed by atoms with Gasteiger partial charge in [-0.2, -0.15) is 0 Å². The SMILES string of the molecule is CCCCCN1CCC(Oc2ccc(CNC(=O)CC(C)C)cn2)CC1. The molecule has 0 unspecified atom stereocenters. The molecular weight excluding hydrogens is 326 g/mol. The van der Waals surface area contributed by atoms with Crippen molar-refractivity contribution in [1.29, 1.82) is 0 Å². The Bertz CT molecular complexity index is 523. The molecule has 2 heterocycles. The molecule has 1 saturated heterocycles. The van der Waals surface area contributed by atoms with Gasteiger partial charge in [-0.25, -0.2) is 4.98 Å². The van der Waals surface area contributed by atoms with Crippen LogP contribution in [0.3, 0.4) is 0 Å². The van der Waals surface area contributed by atoms with E-state index >= 15 is 0 Å². The highest BCUT2D eigenvalue weighted by molar-refractivity contribution is 5.76. The fraction of sp³-hybridized carbons (Fsp3) is 0.714. The fourth-order valence-corrected chi connectivity index (χ4v) is 3.24. The van der Waals surface area contributed by atoms with Crippen LogP contribution >= 0.6 is 0 Å². The van der Waals surface area contributed by atoms with Crippen LogP contribution in [0.5, 0.6) is 5.88 Å². The molecule has 0 aliphatic carbocycles. The van der Waals surface area contributed by atoms with Gasteiger partial charge in [-0.3, -0.25) is 4.79 Å². The van der Waals surface area contributed by atoms with Crippen molar-refractivity contribution >= 4 is 5.91 Å². The van der Waals surface area contributed by atoms with Crippen molar-refractivity contribution in [2.45, 2.75) is 71.9 Å². The zero-order valence-corrected chi connectivity index (χ0v) is 16.7. The van der Waals surface area contributed by atoms with Gasteiger partial charge in [0.05, 0.1) is 0 Å². The Morgan fingerprint density at radius 2 is 2.08 bits per heavy atom. The summed E-state index contributed by atoms with van der Waals surface area (Å²) in [4.78, 5) is 18.7. The van der Waals surface area contributed by atoms with E-state index in [-0.39, 0.29) is 12.0 Å².